The summed E-state index contributed by atoms with van der Waals surface area (Å²) in [6.07, 6.45) is 5.40. The van der Waals surface area contributed by atoms with E-state index >= 15 is 0 Å². The molecule has 2 unspecified atom stereocenters. The van der Waals surface area contributed by atoms with E-state index in [1.54, 1.807) is 0 Å². The highest BCUT2D eigenvalue weighted by atomic mass is 35.5. The maximum absolute atomic E-state index is 14.5. The minimum atomic E-state index is -3.10. The zero-order valence-corrected chi connectivity index (χ0v) is 33.4. The molecule has 300 valence electrons. The summed E-state index contributed by atoms with van der Waals surface area (Å²) in [7, 11) is -3.10. The minimum absolute atomic E-state index is 0.000883. The lowest BCUT2D eigenvalue weighted by Gasteiger charge is -2.18. The number of carboxylic acid groups (broad SMARTS) is 1. The summed E-state index contributed by atoms with van der Waals surface area (Å²) in [5.74, 6) is -2.55. The molecule has 2 atom stereocenters. The molecule has 1 aromatic heterocycles. The van der Waals surface area contributed by atoms with Gasteiger partial charge in [0, 0.05) is 42.6 Å². The van der Waals surface area contributed by atoms with Crippen LogP contribution in [0.25, 0.3) is 0 Å². The maximum atomic E-state index is 14.5. The molecule has 1 aliphatic carbocycles. The van der Waals surface area contributed by atoms with E-state index in [4.69, 9.17) is 48.4 Å². The van der Waals surface area contributed by atoms with Crippen molar-refractivity contribution in [2.45, 2.75) is 91.1 Å². The highest BCUT2D eigenvalue weighted by Gasteiger charge is 2.41. The van der Waals surface area contributed by atoms with E-state index in [2.05, 4.69) is 25.6 Å². The molecule has 2 heterocycles. The molecule has 0 spiro atoms. The summed E-state index contributed by atoms with van der Waals surface area (Å²) in [4.78, 5) is 68.8. The van der Waals surface area contributed by atoms with Gasteiger partial charge in [0.1, 0.15) is 17.6 Å². The van der Waals surface area contributed by atoms with Gasteiger partial charge in [-0.3, -0.25) is 18.9 Å². The van der Waals surface area contributed by atoms with Crippen molar-refractivity contribution in [1.29, 1.82) is 0 Å². The number of nitrogens with zero attached hydrogens (tertiary/aromatic N) is 4. The van der Waals surface area contributed by atoms with Gasteiger partial charge >= 0.3 is 11.9 Å². The first kappa shape index (κ1) is 46.3. The topological polar surface area (TPSA) is 236 Å². The number of esters is 1. The molecule has 0 saturated carbocycles. The van der Waals surface area contributed by atoms with Gasteiger partial charge in [-0.15, -0.1) is 0 Å². The molecule has 16 nitrogen and oxygen atoms in total. The monoisotopic (exact) mass is 819 g/mol. The lowest BCUT2D eigenvalue weighted by molar-refractivity contribution is -0.146. The third-order valence-electron chi connectivity index (χ3n) is 7.52. The second-order valence-corrected chi connectivity index (χ2v) is 15.9. The van der Waals surface area contributed by atoms with Crippen LogP contribution in [0.15, 0.2) is 23.3 Å². The number of unbranched alkanes of at least 4 members (excludes halogenated alkanes) is 2. The number of halogens is 3. The number of carboxylic acids is 1. The third kappa shape index (κ3) is 15.5. The van der Waals surface area contributed by atoms with E-state index in [-0.39, 0.29) is 40.4 Å². The van der Waals surface area contributed by atoms with Crippen LogP contribution in [0.5, 0.6) is 5.75 Å². The Morgan fingerprint density at radius 3 is 2.20 bits per heavy atom. The third-order valence-corrected chi connectivity index (χ3v) is 9.07. The first-order valence-electron chi connectivity index (χ1n) is 17.5. The largest absolute Gasteiger partial charge is 0.480 e. The SMILES string of the molecule is CCCCCOC(=O)COc1cc(N2C(=O)C3=C(CCCC3)C2=O)c(F)cc1Cl.CCNc1nc(Cl)nc(NC(C)C)n1.CP(=O)(O)CCC(N)C(=O)O. The van der Waals surface area contributed by atoms with Crippen LogP contribution >= 0.6 is 30.6 Å². The number of rotatable bonds is 16. The Labute approximate surface area is 323 Å². The van der Waals surface area contributed by atoms with Crippen LogP contribution in [0.4, 0.5) is 22.0 Å². The summed E-state index contributed by atoms with van der Waals surface area (Å²) in [5, 5.41) is 14.4. The minimum Gasteiger partial charge on any atom is -0.480 e. The molecule has 0 fully saturated rings. The van der Waals surface area contributed by atoms with Crippen molar-refractivity contribution in [2.24, 2.45) is 5.73 Å². The maximum Gasteiger partial charge on any atom is 0.344 e. The van der Waals surface area contributed by atoms with Gasteiger partial charge in [0.2, 0.25) is 17.2 Å². The van der Waals surface area contributed by atoms with Crippen molar-refractivity contribution in [2.75, 3.05) is 48.1 Å². The number of benzene rings is 1. The van der Waals surface area contributed by atoms with Gasteiger partial charge in [0.15, 0.2) is 14.0 Å². The average molecular weight is 821 g/mol. The summed E-state index contributed by atoms with van der Waals surface area (Å²) < 4.78 is 35.6. The van der Waals surface area contributed by atoms with E-state index < -0.39 is 49.6 Å². The fraction of sp³-hybridized carbons (Fsp3) is 0.559. The van der Waals surface area contributed by atoms with Crippen LogP contribution < -0.4 is 26.0 Å². The highest BCUT2D eigenvalue weighted by molar-refractivity contribution is 7.57. The predicted molar refractivity (Wildman–Crippen MR) is 204 cm³/mol. The van der Waals surface area contributed by atoms with Crippen molar-refractivity contribution in [3.63, 3.8) is 0 Å². The summed E-state index contributed by atoms with van der Waals surface area (Å²) in [5.41, 5.74) is 5.77. The van der Waals surface area contributed by atoms with Crippen molar-refractivity contribution in [3.05, 3.63) is 39.4 Å². The quantitative estimate of drug-likeness (QED) is 0.0582. The van der Waals surface area contributed by atoms with Crippen molar-refractivity contribution in [3.8, 4) is 5.75 Å². The van der Waals surface area contributed by atoms with Gasteiger partial charge in [-0.25, -0.2) is 14.1 Å². The number of ether oxygens (including phenoxy) is 2. The number of hydrogen-bond donors (Lipinski definition) is 5. The van der Waals surface area contributed by atoms with Gasteiger partial charge in [0.25, 0.3) is 11.8 Å². The molecule has 2 aromatic rings. The van der Waals surface area contributed by atoms with Crippen LogP contribution in [-0.2, 0) is 28.5 Å². The smallest absolute Gasteiger partial charge is 0.344 e. The molecule has 4 rings (SSSR count). The molecule has 1 aromatic carbocycles. The zero-order valence-electron chi connectivity index (χ0n) is 31.0. The Morgan fingerprint density at radius 2 is 1.67 bits per heavy atom. The van der Waals surface area contributed by atoms with Gasteiger partial charge in [-0.2, -0.15) is 15.0 Å². The average Bonchev–Trinajstić information content (AvgIpc) is 3.34. The van der Waals surface area contributed by atoms with Gasteiger partial charge in [0.05, 0.1) is 17.3 Å². The Bertz CT molecular complexity index is 1680. The van der Waals surface area contributed by atoms with Crippen LogP contribution in [0.2, 0.25) is 10.3 Å². The highest BCUT2D eigenvalue weighted by Crippen LogP contribution is 2.39. The zero-order chi connectivity index (χ0) is 40.6. The number of anilines is 3. The number of hydrogen-bond acceptors (Lipinski definition) is 13. The van der Waals surface area contributed by atoms with Crippen molar-refractivity contribution >= 4 is 71.9 Å². The molecule has 2 aliphatic rings. The number of carbonyl (C=O) groups excluding carboxylic acids is 3. The molecule has 0 radical (unpaired) electrons. The van der Waals surface area contributed by atoms with E-state index in [0.717, 1.165) is 49.6 Å². The number of nitrogens with one attached hydrogen (secondary N) is 2. The first-order valence-corrected chi connectivity index (χ1v) is 20.5. The van der Waals surface area contributed by atoms with E-state index in [1.807, 2.05) is 27.7 Å². The summed E-state index contributed by atoms with van der Waals surface area (Å²) in [6.45, 7) is 9.84. The fourth-order valence-electron chi connectivity index (χ4n) is 4.89. The fourth-order valence-corrected chi connectivity index (χ4v) is 6.01. The lowest BCUT2D eigenvalue weighted by atomic mass is 9.93. The van der Waals surface area contributed by atoms with Crippen LogP contribution in [-0.4, -0.2) is 93.4 Å². The van der Waals surface area contributed by atoms with Crippen molar-refractivity contribution < 1.29 is 47.6 Å². The Morgan fingerprint density at radius 1 is 1.06 bits per heavy atom. The number of amides is 2. The van der Waals surface area contributed by atoms with E-state index in [0.29, 0.717) is 42.5 Å². The van der Waals surface area contributed by atoms with Crippen LogP contribution in [0.1, 0.15) is 79.1 Å². The van der Waals surface area contributed by atoms with Crippen molar-refractivity contribution in [1.82, 2.24) is 15.0 Å². The second kappa shape index (κ2) is 22.5. The molecule has 54 heavy (non-hydrogen) atoms. The molecule has 6 N–H and O–H groups in total. The summed E-state index contributed by atoms with van der Waals surface area (Å²) >= 11 is 11.7. The first-order chi connectivity index (χ1) is 25.4. The number of aromatic nitrogens is 3. The Balaban J connectivity index is 0.000000334. The van der Waals surface area contributed by atoms with Gasteiger partial charge in [-0.05, 0) is 77.0 Å². The van der Waals surface area contributed by atoms with Gasteiger partial charge < -0.3 is 35.8 Å². The predicted octanol–water partition coefficient (Wildman–Crippen LogP) is 5.80. The lowest BCUT2D eigenvalue weighted by Crippen LogP contribution is -2.32. The van der Waals surface area contributed by atoms with Gasteiger partial charge in [-0.1, -0.05) is 31.4 Å². The van der Waals surface area contributed by atoms with E-state index in [1.165, 1.54) is 12.7 Å². The molecule has 1 aliphatic heterocycles. The van der Waals surface area contributed by atoms with Crippen LogP contribution in [0, 0.1) is 5.82 Å². The molecular weight excluding hydrogens is 771 g/mol. The molecule has 20 heteroatoms. The number of carbonyl (C=O) groups is 4. The van der Waals surface area contributed by atoms with E-state index in [9.17, 15) is 28.1 Å². The molecular formula is C34H49Cl2FN7O9P. The van der Waals surface area contributed by atoms with Crippen LogP contribution in [0.3, 0.4) is 0 Å². The molecule has 0 saturated heterocycles. The second-order valence-electron chi connectivity index (χ2n) is 12.6. The summed E-state index contributed by atoms with van der Waals surface area (Å²) in [6, 6.07) is 1.38. The number of aliphatic carboxylic acids is 1. The Kier molecular flexibility index (Phi) is 19.3. The molecule has 2 amide bonds. The Hall–Kier alpha value is -3.89. The number of nitrogens with two attached hydrogens (primary N) is 1. The number of imide groups is 1. The normalized spacial score (nSPS) is 15.3. The standard InChI is InChI=1S/C21H23ClFNO5.C8H14ClN5.C5H12NO4P/c1-2-3-6-9-28-19(25)12-29-18-11-17(16(23)10-15(18)22)24-20(26)13-7-4-5-8-14(13)21(24)27;1-4-10-7-12-6(9)13-8(14-7)11-5(2)3;1-11(9,10)3-2-4(6)5(7)8/h10-11H,2-9,12H2,1H3;5H,4H2,1-3H3,(H2,10,11,12,13,14);4H,2-3,6H2,1H3,(H,7,8)(H,9,10). The molecule has 0 bridgehead atoms.